The predicted molar refractivity (Wildman–Crippen MR) is 61.6 cm³/mol. The molecule has 69 valence electrons. The zero-order valence-electron chi connectivity index (χ0n) is 7.42. The molecule has 0 atom stereocenters. The summed E-state index contributed by atoms with van der Waals surface area (Å²) in [5.41, 5.74) is 1.34. The highest BCUT2D eigenvalue weighted by Gasteiger charge is 1.92. The Morgan fingerprint density at radius 2 is 1.85 bits per heavy atom. The van der Waals surface area contributed by atoms with Gasteiger partial charge in [-0.15, -0.1) is 0 Å². The van der Waals surface area contributed by atoms with Gasteiger partial charge in [0.15, 0.2) is 0 Å². The summed E-state index contributed by atoms with van der Waals surface area (Å²) in [6.07, 6.45) is 4.33. The second-order valence-electron chi connectivity index (χ2n) is 2.98. The van der Waals surface area contributed by atoms with Gasteiger partial charge in [0.2, 0.25) is 0 Å². The maximum absolute atomic E-state index is 5.77. The van der Waals surface area contributed by atoms with E-state index in [-0.39, 0.29) is 0 Å². The highest BCUT2D eigenvalue weighted by Crippen LogP contribution is 2.11. The van der Waals surface area contributed by atoms with E-state index in [0.29, 0.717) is 0 Å². The Kier molecular flexibility index (Phi) is 5.02. The Balaban J connectivity index is 2.28. The van der Waals surface area contributed by atoms with Crippen molar-refractivity contribution in [1.82, 2.24) is 0 Å². The normalized spacial score (nSPS) is 9.92. The van der Waals surface area contributed by atoms with Crippen LogP contribution in [0.2, 0.25) is 5.02 Å². The molecule has 1 rings (SSSR count). The second kappa shape index (κ2) is 6.11. The van der Waals surface area contributed by atoms with E-state index in [1.165, 1.54) is 12.0 Å². The molecule has 1 aromatic carbocycles. The van der Waals surface area contributed by atoms with Gasteiger partial charge in [-0.25, -0.2) is 0 Å². The summed E-state index contributed by atoms with van der Waals surface area (Å²) in [4.78, 5) is 0. The fraction of sp³-hybridized carbons (Fsp3) is 0.364. The van der Waals surface area contributed by atoms with E-state index in [1.54, 1.807) is 0 Å². The largest absolute Gasteiger partial charge is 0.0843 e. The van der Waals surface area contributed by atoms with Crippen molar-refractivity contribution >= 4 is 29.2 Å². The van der Waals surface area contributed by atoms with Crippen molar-refractivity contribution in [2.24, 2.45) is 0 Å². The molecule has 0 aromatic heterocycles. The van der Waals surface area contributed by atoms with Crippen molar-refractivity contribution < 1.29 is 0 Å². The number of benzene rings is 1. The smallest absolute Gasteiger partial charge is 0.0406 e. The van der Waals surface area contributed by atoms with Crippen molar-refractivity contribution in [1.29, 1.82) is 0 Å². The average Bonchev–Trinajstić information content (AvgIpc) is 2.15. The van der Waals surface area contributed by atoms with Crippen LogP contribution >= 0.6 is 23.8 Å². The molecule has 0 saturated heterocycles. The quantitative estimate of drug-likeness (QED) is 0.526. The second-order valence-corrected chi connectivity index (χ2v) is 3.70. The summed E-state index contributed by atoms with van der Waals surface area (Å²) in [7, 11) is 0. The number of halogens is 1. The Morgan fingerprint density at radius 3 is 2.46 bits per heavy atom. The number of rotatable bonds is 5. The van der Waals surface area contributed by atoms with Crippen molar-refractivity contribution in [3.8, 4) is 0 Å². The monoisotopic (exact) mass is 211 g/mol. The third kappa shape index (κ3) is 4.39. The number of aryl methyl sites for hydroxylation is 1. The third-order valence-corrected chi connectivity index (χ3v) is 2.36. The van der Waals surface area contributed by atoms with Crippen molar-refractivity contribution in [3.05, 3.63) is 34.9 Å². The van der Waals surface area contributed by atoms with E-state index in [9.17, 15) is 0 Å². The molecule has 0 aliphatic heterocycles. The molecule has 13 heavy (non-hydrogen) atoms. The first-order valence-corrected chi connectivity index (χ1v) is 5.21. The van der Waals surface area contributed by atoms with Crippen LogP contribution in [0, 0.1) is 0 Å². The molecule has 0 heterocycles. The minimum atomic E-state index is 0.802. The van der Waals surface area contributed by atoms with Gasteiger partial charge in [-0.05, 0) is 43.4 Å². The molecule has 0 amide bonds. The molecule has 1 radical (unpaired) electrons. The van der Waals surface area contributed by atoms with Crippen molar-refractivity contribution in [2.45, 2.75) is 25.7 Å². The summed E-state index contributed by atoms with van der Waals surface area (Å²) in [6.45, 7) is 0. The summed E-state index contributed by atoms with van der Waals surface area (Å²) in [5, 5.41) is 3.53. The Hall–Kier alpha value is -0.400. The minimum absolute atomic E-state index is 0.802. The van der Waals surface area contributed by atoms with Crippen LogP contribution in [0.25, 0.3) is 0 Å². The lowest BCUT2D eigenvalue weighted by Gasteiger charge is -1.99. The van der Waals surface area contributed by atoms with Crippen LogP contribution in [-0.2, 0) is 6.42 Å². The van der Waals surface area contributed by atoms with Gasteiger partial charge < -0.3 is 0 Å². The van der Waals surface area contributed by atoms with E-state index in [2.05, 4.69) is 29.7 Å². The van der Waals surface area contributed by atoms with E-state index < -0.39 is 0 Å². The van der Waals surface area contributed by atoms with E-state index >= 15 is 0 Å². The Morgan fingerprint density at radius 1 is 1.15 bits per heavy atom. The molecule has 0 aliphatic rings. The van der Waals surface area contributed by atoms with Crippen LogP contribution in [0.4, 0.5) is 0 Å². The molecule has 0 unspecified atom stereocenters. The first-order valence-electron chi connectivity index (χ1n) is 4.42. The number of thiocarbonyl (C=S) groups is 1. The highest BCUT2D eigenvalue weighted by atomic mass is 35.5. The zero-order valence-corrected chi connectivity index (χ0v) is 9.00. The number of unbranched alkanes of at least 4 members (excludes halogenated alkanes) is 2. The Bertz CT molecular complexity index is 253. The van der Waals surface area contributed by atoms with Gasteiger partial charge in [0.25, 0.3) is 0 Å². The van der Waals surface area contributed by atoms with Crippen LogP contribution in [-0.4, -0.2) is 5.37 Å². The van der Waals surface area contributed by atoms with Gasteiger partial charge in [-0.3, -0.25) is 0 Å². The molecule has 1 aromatic rings. The first-order chi connectivity index (χ1) is 6.33. The van der Waals surface area contributed by atoms with E-state index in [0.717, 1.165) is 24.3 Å². The molecule has 0 saturated carbocycles. The molecule has 0 nitrogen and oxygen atoms in total. The summed E-state index contributed by atoms with van der Waals surface area (Å²) >= 11 is 10.4. The number of hydrogen-bond acceptors (Lipinski definition) is 1. The average molecular weight is 212 g/mol. The van der Waals surface area contributed by atoms with Crippen LogP contribution in [0.15, 0.2) is 24.3 Å². The van der Waals surface area contributed by atoms with Crippen molar-refractivity contribution in [3.63, 3.8) is 0 Å². The van der Waals surface area contributed by atoms with Crippen LogP contribution < -0.4 is 0 Å². The number of hydrogen-bond donors (Lipinski definition) is 0. The fourth-order valence-corrected chi connectivity index (χ4v) is 1.45. The van der Waals surface area contributed by atoms with Gasteiger partial charge in [0.1, 0.15) is 0 Å². The molecule has 2 heteroatoms. The third-order valence-electron chi connectivity index (χ3n) is 1.91. The standard InChI is InChI=1S/C11H12ClS/c12-11-7-5-10(6-8-11)4-2-1-3-9-13/h5-8H,1-4H2. The van der Waals surface area contributed by atoms with E-state index in [4.69, 9.17) is 11.6 Å². The minimum Gasteiger partial charge on any atom is -0.0843 e. The summed E-state index contributed by atoms with van der Waals surface area (Å²) in [5.74, 6) is 0. The van der Waals surface area contributed by atoms with Gasteiger partial charge in [-0.1, -0.05) is 36.0 Å². The highest BCUT2D eigenvalue weighted by molar-refractivity contribution is 7.78. The first kappa shape index (κ1) is 10.7. The van der Waals surface area contributed by atoms with Crippen LogP contribution in [0.5, 0.6) is 0 Å². The maximum Gasteiger partial charge on any atom is 0.0406 e. The van der Waals surface area contributed by atoms with Gasteiger partial charge in [0, 0.05) is 10.4 Å². The molecule has 0 aliphatic carbocycles. The van der Waals surface area contributed by atoms with Crippen molar-refractivity contribution in [2.75, 3.05) is 0 Å². The molecule has 0 spiro atoms. The lowest BCUT2D eigenvalue weighted by Crippen LogP contribution is -1.85. The van der Waals surface area contributed by atoms with Crippen LogP contribution in [0.3, 0.4) is 0 Å². The lowest BCUT2D eigenvalue weighted by molar-refractivity contribution is 0.769. The Labute approximate surface area is 89.9 Å². The molecular formula is C11H12ClS. The summed E-state index contributed by atoms with van der Waals surface area (Å²) in [6, 6.07) is 8.01. The molecule has 0 bridgehead atoms. The SMILES string of the molecule is S=[C]CCCCc1ccc(Cl)cc1. The molecule has 0 fully saturated rings. The van der Waals surface area contributed by atoms with Gasteiger partial charge >= 0.3 is 0 Å². The van der Waals surface area contributed by atoms with Gasteiger partial charge in [-0.2, -0.15) is 0 Å². The maximum atomic E-state index is 5.77. The topological polar surface area (TPSA) is 0 Å². The van der Waals surface area contributed by atoms with Gasteiger partial charge in [0.05, 0.1) is 0 Å². The lowest BCUT2D eigenvalue weighted by atomic mass is 10.1. The molecular weight excluding hydrogens is 200 g/mol. The molecule has 0 N–H and O–H groups in total. The fourth-order valence-electron chi connectivity index (χ4n) is 1.18. The zero-order chi connectivity index (χ0) is 9.52. The van der Waals surface area contributed by atoms with Crippen LogP contribution in [0.1, 0.15) is 24.8 Å². The van der Waals surface area contributed by atoms with E-state index in [1.807, 2.05) is 12.1 Å². The summed E-state index contributed by atoms with van der Waals surface area (Å²) < 4.78 is 0. The predicted octanol–water partition coefficient (Wildman–Crippen LogP) is 3.93.